The van der Waals surface area contributed by atoms with Crippen molar-refractivity contribution in [2.45, 2.75) is 46.5 Å². The highest BCUT2D eigenvalue weighted by molar-refractivity contribution is 5.91. The number of hydrogen-bond acceptors (Lipinski definition) is 5. The number of nitriles is 1. The zero-order chi connectivity index (χ0) is 22.8. The van der Waals surface area contributed by atoms with Gasteiger partial charge >= 0.3 is 5.97 Å². The van der Waals surface area contributed by atoms with Crippen molar-refractivity contribution in [2.75, 3.05) is 7.11 Å². The lowest BCUT2D eigenvalue weighted by atomic mass is 9.99. The molecule has 0 fully saturated rings. The van der Waals surface area contributed by atoms with E-state index < -0.39 is 5.97 Å². The van der Waals surface area contributed by atoms with E-state index in [2.05, 4.69) is 23.3 Å². The molecule has 1 N–H and O–H groups in total. The van der Waals surface area contributed by atoms with Crippen LogP contribution < -0.4 is 5.32 Å². The summed E-state index contributed by atoms with van der Waals surface area (Å²) < 4.78 is 5.01. The number of nitrogens with zero attached hydrogens (tertiary/aromatic N) is 2. The van der Waals surface area contributed by atoms with Gasteiger partial charge in [0.15, 0.2) is 0 Å². The number of hydrogen-bond donors (Lipinski definition) is 1. The molecule has 1 heterocycles. The minimum absolute atomic E-state index is 0.130. The molecule has 31 heavy (non-hydrogen) atoms. The summed E-state index contributed by atoms with van der Waals surface area (Å²) >= 11 is 0. The van der Waals surface area contributed by atoms with Gasteiger partial charge in [-0.1, -0.05) is 51.5 Å². The summed E-state index contributed by atoms with van der Waals surface area (Å²) in [6, 6.07) is 13.2. The number of allylic oxidation sites excluding steroid dienone is 1. The molecule has 1 aromatic heterocycles. The Hall–Kier alpha value is -3.46. The van der Waals surface area contributed by atoms with Gasteiger partial charge in [-0.3, -0.25) is 9.78 Å². The summed E-state index contributed by atoms with van der Waals surface area (Å²) in [6.07, 6.45) is 4.34. The van der Waals surface area contributed by atoms with Crippen LogP contribution in [0.25, 0.3) is 11.3 Å². The van der Waals surface area contributed by atoms with E-state index in [-0.39, 0.29) is 18.2 Å². The van der Waals surface area contributed by atoms with Crippen molar-refractivity contribution in [2.24, 2.45) is 5.92 Å². The highest BCUT2D eigenvalue weighted by atomic mass is 16.5. The summed E-state index contributed by atoms with van der Waals surface area (Å²) in [7, 11) is 1.34. The number of amides is 1. The predicted molar refractivity (Wildman–Crippen MR) is 120 cm³/mol. The Morgan fingerprint density at radius 1 is 1.19 bits per heavy atom. The van der Waals surface area contributed by atoms with Crippen LogP contribution in [-0.2, 0) is 20.7 Å². The van der Waals surface area contributed by atoms with E-state index in [4.69, 9.17) is 4.74 Å². The molecule has 2 rings (SSSR count). The van der Waals surface area contributed by atoms with Crippen molar-refractivity contribution >= 4 is 11.9 Å². The first-order chi connectivity index (χ1) is 14.9. The first kappa shape index (κ1) is 23.8. The van der Waals surface area contributed by atoms with Gasteiger partial charge in [-0.05, 0) is 30.5 Å². The number of nitrogens with one attached hydrogen (secondary N) is 1. The second-order valence-corrected chi connectivity index (χ2v) is 7.58. The van der Waals surface area contributed by atoms with Gasteiger partial charge < -0.3 is 10.1 Å². The molecule has 0 spiro atoms. The summed E-state index contributed by atoms with van der Waals surface area (Å²) in [5, 5.41) is 12.2. The molecular weight excluding hydrogens is 390 g/mol. The normalized spacial score (nSPS) is 11.5. The average Bonchev–Trinajstić information content (AvgIpc) is 2.80. The number of pyridine rings is 1. The highest BCUT2D eigenvalue weighted by Crippen LogP contribution is 2.23. The van der Waals surface area contributed by atoms with Gasteiger partial charge in [0, 0.05) is 29.8 Å². The standard InChI is InChI=1S/C25H29N3O3/c1-5-6-11-23(28-24(29)17(2)3)21(25(30)31-4)14-18-12-13-22(27-16-18)20-10-8-7-9-19(20)15-26/h7-10,12-13,16-17H,5-6,11,14H2,1-4H3,(H,28,29)/b23-21-. The van der Waals surface area contributed by atoms with Crippen LogP contribution in [0.5, 0.6) is 0 Å². The molecule has 1 amide bonds. The van der Waals surface area contributed by atoms with Crippen molar-refractivity contribution in [1.82, 2.24) is 10.3 Å². The summed E-state index contributed by atoms with van der Waals surface area (Å²) in [4.78, 5) is 29.4. The molecule has 0 aliphatic heterocycles. The third kappa shape index (κ3) is 6.51. The largest absolute Gasteiger partial charge is 0.466 e. The number of ether oxygens (including phenoxy) is 1. The zero-order valence-electron chi connectivity index (χ0n) is 18.6. The number of benzene rings is 1. The molecule has 0 unspecified atom stereocenters. The summed E-state index contributed by atoms with van der Waals surface area (Å²) in [5.74, 6) is -0.792. The molecule has 0 saturated heterocycles. The minimum atomic E-state index is -0.464. The van der Waals surface area contributed by atoms with E-state index in [0.29, 0.717) is 28.9 Å². The molecule has 0 aliphatic carbocycles. The SMILES string of the molecule is CCCC/C(NC(=O)C(C)C)=C(\Cc1ccc(-c2ccccc2C#N)nc1)C(=O)OC. The van der Waals surface area contributed by atoms with Crippen LogP contribution in [0.15, 0.2) is 53.9 Å². The molecular formula is C25H29N3O3. The first-order valence-corrected chi connectivity index (χ1v) is 10.5. The van der Waals surface area contributed by atoms with Gasteiger partial charge in [-0.25, -0.2) is 4.79 Å². The fourth-order valence-corrected chi connectivity index (χ4v) is 3.06. The van der Waals surface area contributed by atoms with Crippen molar-refractivity contribution in [3.05, 3.63) is 65.0 Å². The Morgan fingerprint density at radius 2 is 1.94 bits per heavy atom. The van der Waals surface area contributed by atoms with Gasteiger partial charge in [0.05, 0.1) is 30.0 Å². The van der Waals surface area contributed by atoms with Crippen LogP contribution in [0.3, 0.4) is 0 Å². The van der Waals surface area contributed by atoms with Gasteiger partial charge in [-0.2, -0.15) is 5.26 Å². The van der Waals surface area contributed by atoms with Gasteiger partial charge in [0.25, 0.3) is 0 Å². The van der Waals surface area contributed by atoms with Gasteiger partial charge in [-0.15, -0.1) is 0 Å². The maximum atomic E-state index is 12.6. The number of esters is 1. The lowest BCUT2D eigenvalue weighted by Gasteiger charge is -2.17. The third-order valence-corrected chi connectivity index (χ3v) is 4.90. The van der Waals surface area contributed by atoms with Crippen molar-refractivity contribution in [1.29, 1.82) is 5.26 Å². The van der Waals surface area contributed by atoms with E-state index in [1.54, 1.807) is 12.3 Å². The molecule has 2 aromatic rings. The number of carbonyl (C=O) groups excluding carboxylic acids is 2. The average molecular weight is 420 g/mol. The van der Waals surface area contributed by atoms with Gasteiger partial charge in [0.2, 0.25) is 5.91 Å². The van der Waals surface area contributed by atoms with E-state index >= 15 is 0 Å². The van der Waals surface area contributed by atoms with Gasteiger partial charge in [0.1, 0.15) is 0 Å². The Kier molecular flexibility index (Phi) is 8.95. The Labute approximate surface area is 184 Å². The molecule has 162 valence electrons. The van der Waals surface area contributed by atoms with Crippen molar-refractivity contribution in [3.63, 3.8) is 0 Å². The van der Waals surface area contributed by atoms with Crippen molar-refractivity contribution < 1.29 is 14.3 Å². The molecule has 0 saturated carbocycles. The highest BCUT2D eigenvalue weighted by Gasteiger charge is 2.20. The second kappa shape index (κ2) is 11.7. The predicted octanol–water partition coefficient (Wildman–Crippen LogP) is 4.55. The Balaban J connectivity index is 2.38. The molecule has 0 atom stereocenters. The lowest BCUT2D eigenvalue weighted by Crippen LogP contribution is -2.30. The van der Waals surface area contributed by atoms with Crippen LogP contribution in [0.4, 0.5) is 0 Å². The molecule has 0 bridgehead atoms. The molecule has 6 nitrogen and oxygen atoms in total. The van der Waals surface area contributed by atoms with Crippen LogP contribution in [-0.4, -0.2) is 24.0 Å². The second-order valence-electron chi connectivity index (χ2n) is 7.58. The maximum absolute atomic E-state index is 12.6. The number of unbranched alkanes of at least 4 members (excludes halogenated alkanes) is 1. The molecule has 6 heteroatoms. The van der Waals surface area contributed by atoms with Crippen LogP contribution in [0.2, 0.25) is 0 Å². The molecule has 0 aliphatic rings. The fraction of sp³-hybridized carbons (Fsp3) is 0.360. The zero-order valence-corrected chi connectivity index (χ0v) is 18.6. The number of rotatable bonds is 9. The Morgan fingerprint density at radius 3 is 2.52 bits per heavy atom. The monoisotopic (exact) mass is 419 g/mol. The van der Waals surface area contributed by atoms with E-state index in [1.807, 2.05) is 44.2 Å². The quantitative estimate of drug-likeness (QED) is 0.475. The molecule has 1 aromatic carbocycles. The minimum Gasteiger partial charge on any atom is -0.466 e. The molecule has 0 radical (unpaired) electrons. The third-order valence-electron chi connectivity index (χ3n) is 4.90. The maximum Gasteiger partial charge on any atom is 0.335 e. The van der Waals surface area contributed by atoms with E-state index in [9.17, 15) is 14.9 Å². The van der Waals surface area contributed by atoms with E-state index in [0.717, 1.165) is 24.0 Å². The number of methoxy groups -OCH3 is 1. The lowest BCUT2D eigenvalue weighted by molar-refractivity contribution is -0.136. The summed E-state index contributed by atoms with van der Waals surface area (Å²) in [5.41, 5.74) is 3.84. The topological polar surface area (TPSA) is 92.1 Å². The number of carbonyl (C=O) groups is 2. The Bertz CT molecular complexity index is 986. The fourth-order valence-electron chi connectivity index (χ4n) is 3.06. The first-order valence-electron chi connectivity index (χ1n) is 10.5. The van der Waals surface area contributed by atoms with Crippen LogP contribution in [0.1, 0.15) is 51.2 Å². The number of aromatic nitrogens is 1. The van der Waals surface area contributed by atoms with Crippen molar-refractivity contribution in [3.8, 4) is 17.3 Å². The van der Waals surface area contributed by atoms with Crippen LogP contribution in [0, 0.1) is 17.2 Å². The smallest absolute Gasteiger partial charge is 0.335 e. The van der Waals surface area contributed by atoms with E-state index in [1.165, 1.54) is 7.11 Å². The summed E-state index contributed by atoms with van der Waals surface area (Å²) in [6.45, 7) is 5.68. The van der Waals surface area contributed by atoms with Crippen LogP contribution >= 0.6 is 0 Å².